The molecule has 0 bridgehead atoms. The fourth-order valence-corrected chi connectivity index (χ4v) is 4.91. The highest BCUT2D eigenvalue weighted by molar-refractivity contribution is 6.74. The van der Waals surface area contributed by atoms with E-state index in [-0.39, 0.29) is 11.1 Å². The van der Waals surface area contributed by atoms with Crippen LogP contribution in [0.5, 0.6) is 5.75 Å². The third kappa shape index (κ3) is 2.80. The van der Waals surface area contributed by atoms with Gasteiger partial charge in [-0.3, -0.25) is 0 Å². The fraction of sp³-hybridized carbons (Fsp3) is 0.619. The first-order valence-electron chi connectivity index (χ1n) is 9.06. The van der Waals surface area contributed by atoms with Gasteiger partial charge in [0.15, 0.2) is 8.32 Å². The second-order valence-corrected chi connectivity index (χ2v) is 13.8. The van der Waals surface area contributed by atoms with Gasteiger partial charge in [0.25, 0.3) is 0 Å². The molecule has 1 aromatic carbocycles. The van der Waals surface area contributed by atoms with Crippen LogP contribution < -0.4 is 4.74 Å². The van der Waals surface area contributed by atoms with Crippen LogP contribution in [0.1, 0.15) is 51.2 Å². The van der Waals surface area contributed by atoms with Crippen LogP contribution in [0.2, 0.25) is 18.1 Å². The van der Waals surface area contributed by atoms with E-state index < -0.39 is 8.32 Å². The molecule has 3 rings (SSSR count). The van der Waals surface area contributed by atoms with Crippen LogP contribution in [0.15, 0.2) is 18.2 Å². The Morgan fingerprint density at radius 3 is 2.67 bits per heavy atom. The van der Waals surface area contributed by atoms with Gasteiger partial charge in [0.1, 0.15) is 11.9 Å². The monoisotopic (exact) mass is 342 g/mol. The minimum absolute atomic E-state index is 0.245. The van der Waals surface area contributed by atoms with E-state index in [4.69, 9.17) is 15.6 Å². The highest BCUT2D eigenvalue weighted by Crippen LogP contribution is 2.53. The molecule has 1 fully saturated rings. The number of para-hydroxylation sites is 1. The van der Waals surface area contributed by atoms with Gasteiger partial charge in [0.2, 0.25) is 0 Å². The predicted octanol–water partition coefficient (Wildman–Crippen LogP) is 5.19. The largest absolute Gasteiger partial charge is 0.488 e. The molecule has 1 saturated carbocycles. The van der Waals surface area contributed by atoms with Crippen LogP contribution in [0.3, 0.4) is 0 Å². The third-order valence-corrected chi connectivity index (χ3v) is 11.0. The average Bonchev–Trinajstić information content (AvgIpc) is 2.98. The summed E-state index contributed by atoms with van der Waals surface area (Å²) in [5.74, 6) is 5.27. The van der Waals surface area contributed by atoms with Crippen molar-refractivity contribution >= 4 is 8.32 Å². The van der Waals surface area contributed by atoms with Crippen LogP contribution in [-0.4, -0.2) is 21.0 Å². The molecule has 1 aliphatic heterocycles. The van der Waals surface area contributed by atoms with Gasteiger partial charge in [-0.05, 0) is 42.5 Å². The van der Waals surface area contributed by atoms with Gasteiger partial charge < -0.3 is 9.16 Å². The molecule has 0 spiro atoms. The summed E-state index contributed by atoms with van der Waals surface area (Å²) in [4.78, 5) is 0. The normalized spacial score (nSPS) is 28.9. The Kier molecular flexibility index (Phi) is 4.34. The van der Waals surface area contributed by atoms with Gasteiger partial charge in [-0.15, -0.1) is 6.42 Å². The van der Waals surface area contributed by atoms with E-state index in [1.165, 1.54) is 5.56 Å². The van der Waals surface area contributed by atoms with Crippen molar-refractivity contribution in [2.45, 2.75) is 64.3 Å². The summed E-state index contributed by atoms with van der Waals surface area (Å²) >= 11 is 0. The van der Waals surface area contributed by atoms with Crippen LogP contribution >= 0.6 is 0 Å². The molecule has 1 aliphatic carbocycles. The molecule has 0 aromatic heterocycles. The third-order valence-electron chi connectivity index (χ3n) is 6.47. The molecule has 2 aliphatic rings. The Hall–Kier alpha value is -1.24. The molecule has 1 heterocycles. The lowest BCUT2D eigenvalue weighted by Gasteiger charge is -2.38. The van der Waals surface area contributed by atoms with E-state index in [0.29, 0.717) is 17.8 Å². The zero-order chi connectivity index (χ0) is 17.7. The van der Waals surface area contributed by atoms with Crippen molar-refractivity contribution in [3.8, 4) is 18.1 Å². The van der Waals surface area contributed by atoms with E-state index >= 15 is 0 Å². The van der Waals surface area contributed by atoms with Crippen molar-refractivity contribution in [1.82, 2.24) is 0 Å². The van der Waals surface area contributed by atoms with E-state index in [9.17, 15) is 0 Å². The van der Waals surface area contributed by atoms with E-state index in [2.05, 4.69) is 58.8 Å². The smallest absolute Gasteiger partial charge is 0.191 e. The number of rotatable bonds is 3. The van der Waals surface area contributed by atoms with Gasteiger partial charge in [-0.2, -0.15) is 0 Å². The van der Waals surface area contributed by atoms with Crippen LogP contribution in [0.4, 0.5) is 0 Å². The van der Waals surface area contributed by atoms with Crippen molar-refractivity contribution in [3.05, 3.63) is 29.3 Å². The molecule has 4 atom stereocenters. The van der Waals surface area contributed by atoms with E-state index in [1.807, 2.05) is 6.07 Å². The quantitative estimate of drug-likeness (QED) is 0.556. The summed E-state index contributed by atoms with van der Waals surface area (Å²) in [7, 11) is -1.73. The molecule has 0 amide bonds. The van der Waals surface area contributed by atoms with Crippen LogP contribution in [0, 0.1) is 24.2 Å². The van der Waals surface area contributed by atoms with Crippen molar-refractivity contribution in [2.75, 3.05) is 6.61 Å². The maximum Gasteiger partial charge on any atom is 0.191 e. The maximum absolute atomic E-state index is 6.57. The second-order valence-electron chi connectivity index (χ2n) is 9.00. The summed E-state index contributed by atoms with van der Waals surface area (Å²) in [5, 5.41) is 0.245. The number of terminal acetylenes is 1. The first kappa shape index (κ1) is 17.6. The highest BCUT2D eigenvalue weighted by Gasteiger charge is 2.49. The van der Waals surface area contributed by atoms with Crippen molar-refractivity contribution in [2.24, 2.45) is 11.8 Å². The number of ether oxygens (including phenoxy) is 1. The summed E-state index contributed by atoms with van der Waals surface area (Å²) in [5.41, 5.74) is 2.18. The first-order valence-corrected chi connectivity index (χ1v) is 12.0. The molecule has 0 saturated heterocycles. The van der Waals surface area contributed by atoms with Gasteiger partial charge in [0, 0.05) is 18.1 Å². The molecule has 24 heavy (non-hydrogen) atoms. The average molecular weight is 343 g/mol. The lowest BCUT2D eigenvalue weighted by molar-refractivity contribution is 0.180. The Morgan fingerprint density at radius 1 is 1.33 bits per heavy atom. The minimum atomic E-state index is -1.73. The Labute approximate surface area is 148 Å². The first-order chi connectivity index (χ1) is 11.2. The lowest BCUT2D eigenvalue weighted by Crippen LogP contribution is -2.42. The number of hydrogen-bond acceptors (Lipinski definition) is 2. The van der Waals surface area contributed by atoms with Crippen molar-refractivity contribution in [3.63, 3.8) is 0 Å². The molecular formula is C21H30O2Si. The highest BCUT2D eigenvalue weighted by atomic mass is 28.4. The topological polar surface area (TPSA) is 18.5 Å². The zero-order valence-corrected chi connectivity index (χ0v) is 16.8. The van der Waals surface area contributed by atoms with Crippen LogP contribution in [0.25, 0.3) is 0 Å². The van der Waals surface area contributed by atoms with Gasteiger partial charge in [-0.25, -0.2) is 0 Å². The molecule has 1 aromatic rings. The summed E-state index contributed by atoms with van der Waals surface area (Å²) < 4.78 is 12.8. The van der Waals surface area contributed by atoms with Gasteiger partial charge in [-0.1, -0.05) is 45.7 Å². The van der Waals surface area contributed by atoms with Crippen molar-refractivity contribution in [1.29, 1.82) is 0 Å². The SMILES string of the molecule is C#Cc1cccc2c1O[C@H]1C[C@@H](C)[C@H](CO[Si](C)(C)C(C)(C)C)[C@@H]21. The zero-order valence-electron chi connectivity index (χ0n) is 15.8. The van der Waals surface area contributed by atoms with E-state index in [1.54, 1.807) is 0 Å². The summed E-state index contributed by atoms with van der Waals surface area (Å²) in [6.45, 7) is 14.7. The minimum Gasteiger partial charge on any atom is -0.488 e. The fourth-order valence-electron chi connectivity index (χ4n) is 3.87. The molecular weight excluding hydrogens is 312 g/mol. The van der Waals surface area contributed by atoms with Gasteiger partial charge >= 0.3 is 0 Å². The molecule has 0 radical (unpaired) electrons. The molecule has 0 unspecified atom stereocenters. The van der Waals surface area contributed by atoms with Crippen molar-refractivity contribution < 1.29 is 9.16 Å². The summed E-state index contributed by atoms with van der Waals surface area (Å²) in [6.07, 6.45) is 7.00. The lowest BCUT2D eigenvalue weighted by atomic mass is 9.85. The Morgan fingerprint density at radius 2 is 2.04 bits per heavy atom. The summed E-state index contributed by atoms with van der Waals surface area (Å²) in [6, 6.07) is 6.23. The van der Waals surface area contributed by atoms with Gasteiger partial charge in [0.05, 0.1) is 5.56 Å². The molecule has 3 heteroatoms. The predicted molar refractivity (Wildman–Crippen MR) is 102 cm³/mol. The van der Waals surface area contributed by atoms with E-state index in [0.717, 1.165) is 24.3 Å². The second kappa shape index (κ2) is 5.93. The molecule has 2 nitrogen and oxygen atoms in total. The maximum atomic E-state index is 6.57. The molecule has 130 valence electrons. The number of benzene rings is 1. The standard InChI is InChI=1S/C21H30O2Si/c1-8-15-10-9-11-16-19-17(13-22-24(6,7)21(3,4)5)14(2)12-18(19)23-20(15)16/h1,9-11,14,17-19H,12-13H2,2-7H3/t14-,17+,18+,19-/m1/s1. The number of fused-ring (bicyclic) bond motifs is 3. The Bertz CT molecular complexity index is 665. The number of hydrogen-bond donors (Lipinski definition) is 0. The van der Waals surface area contributed by atoms with Crippen LogP contribution in [-0.2, 0) is 4.43 Å². The molecule has 0 N–H and O–H groups in total. The Balaban J connectivity index is 1.83.